The van der Waals surface area contributed by atoms with E-state index in [1.54, 1.807) is 7.11 Å². The SMILES string of the molecule is COC1=C(O)C2(C)C(=C1)C=CC2C. The van der Waals surface area contributed by atoms with E-state index in [4.69, 9.17) is 4.74 Å². The van der Waals surface area contributed by atoms with Gasteiger partial charge in [0.25, 0.3) is 0 Å². The lowest BCUT2D eigenvalue weighted by Gasteiger charge is -2.26. The van der Waals surface area contributed by atoms with Crippen molar-refractivity contribution in [3.63, 3.8) is 0 Å². The van der Waals surface area contributed by atoms with Crippen LogP contribution < -0.4 is 0 Å². The molecular formula is C11H14O2. The number of aliphatic hydroxyl groups is 1. The Morgan fingerprint density at radius 1 is 1.54 bits per heavy atom. The number of rotatable bonds is 1. The number of allylic oxidation sites excluding steroid dienone is 4. The average molecular weight is 178 g/mol. The smallest absolute Gasteiger partial charge is 0.157 e. The summed E-state index contributed by atoms with van der Waals surface area (Å²) in [7, 11) is 1.58. The number of hydrogen-bond acceptors (Lipinski definition) is 2. The molecule has 0 aromatic rings. The van der Waals surface area contributed by atoms with Gasteiger partial charge in [0.15, 0.2) is 5.76 Å². The lowest BCUT2D eigenvalue weighted by atomic mass is 9.78. The topological polar surface area (TPSA) is 29.5 Å². The van der Waals surface area contributed by atoms with Gasteiger partial charge in [-0.15, -0.1) is 0 Å². The molecule has 2 aliphatic rings. The van der Waals surface area contributed by atoms with Crippen LogP contribution in [0.15, 0.2) is 35.3 Å². The van der Waals surface area contributed by atoms with Crippen LogP contribution in [0.1, 0.15) is 13.8 Å². The highest BCUT2D eigenvalue weighted by Crippen LogP contribution is 2.52. The normalized spacial score (nSPS) is 36.5. The molecule has 0 saturated heterocycles. The van der Waals surface area contributed by atoms with E-state index in [1.165, 1.54) is 0 Å². The third-order valence-corrected chi connectivity index (χ3v) is 3.31. The van der Waals surface area contributed by atoms with Crippen LogP contribution in [-0.4, -0.2) is 12.2 Å². The third kappa shape index (κ3) is 0.831. The van der Waals surface area contributed by atoms with Gasteiger partial charge in [0.2, 0.25) is 0 Å². The minimum atomic E-state index is -0.245. The molecule has 0 heterocycles. The molecule has 0 spiro atoms. The Balaban J connectivity index is 2.51. The Bertz CT molecular complexity index is 336. The van der Waals surface area contributed by atoms with E-state index in [0.717, 1.165) is 5.57 Å². The summed E-state index contributed by atoms with van der Waals surface area (Å²) >= 11 is 0. The maximum absolute atomic E-state index is 9.95. The number of fused-ring (bicyclic) bond motifs is 1. The molecule has 2 aliphatic carbocycles. The summed E-state index contributed by atoms with van der Waals surface area (Å²) in [6, 6.07) is 0. The van der Waals surface area contributed by atoms with Crippen LogP contribution in [0, 0.1) is 11.3 Å². The third-order valence-electron chi connectivity index (χ3n) is 3.31. The molecule has 13 heavy (non-hydrogen) atoms. The molecule has 0 radical (unpaired) electrons. The summed E-state index contributed by atoms with van der Waals surface area (Å²) in [6.07, 6.45) is 6.09. The Morgan fingerprint density at radius 3 is 2.77 bits per heavy atom. The zero-order chi connectivity index (χ0) is 9.64. The van der Waals surface area contributed by atoms with Gasteiger partial charge in [0.05, 0.1) is 12.5 Å². The van der Waals surface area contributed by atoms with Crippen molar-refractivity contribution in [2.24, 2.45) is 11.3 Å². The second-order valence-corrected chi connectivity index (χ2v) is 3.87. The monoisotopic (exact) mass is 178 g/mol. The van der Waals surface area contributed by atoms with Crippen molar-refractivity contribution in [2.75, 3.05) is 7.11 Å². The first-order valence-electron chi connectivity index (χ1n) is 4.48. The van der Waals surface area contributed by atoms with Crippen molar-refractivity contribution in [1.29, 1.82) is 0 Å². The first kappa shape index (κ1) is 8.42. The lowest BCUT2D eigenvalue weighted by Crippen LogP contribution is -2.22. The lowest BCUT2D eigenvalue weighted by molar-refractivity contribution is 0.209. The zero-order valence-corrected chi connectivity index (χ0v) is 8.16. The van der Waals surface area contributed by atoms with Gasteiger partial charge in [0, 0.05) is 0 Å². The maximum atomic E-state index is 9.95. The summed E-state index contributed by atoms with van der Waals surface area (Å²) in [5.74, 6) is 1.31. The molecule has 2 atom stereocenters. The van der Waals surface area contributed by atoms with Gasteiger partial charge in [-0.05, 0) is 24.5 Å². The Hall–Kier alpha value is -1.18. The zero-order valence-electron chi connectivity index (χ0n) is 8.16. The van der Waals surface area contributed by atoms with Gasteiger partial charge < -0.3 is 9.84 Å². The molecule has 0 amide bonds. The fraction of sp³-hybridized carbons (Fsp3) is 0.455. The quantitative estimate of drug-likeness (QED) is 0.668. The number of hydrogen-bond donors (Lipinski definition) is 1. The maximum Gasteiger partial charge on any atom is 0.157 e. The summed E-state index contributed by atoms with van der Waals surface area (Å²) in [4.78, 5) is 0. The fourth-order valence-electron chi connectivity index (χ4n) is 2.05. The second kappa shape index (κ2) is 2.41. The molecule has 0 saturated carbocycles. The van der Waals surface area contributed by atoms with E-state index < -0.39 is 0 Å². The molecule has 70 valence electrons. The van der Waals surface area contributed by atoms with Crippen LogP contribution in [0.4, 0.5) is 0 Å². The van der Waals surface area contributed by atoms with Crippen LogP contribution in [-0.2, 0) is 4.74 Å². The minimum absolute atomic E-state index is 0.245. The molecule has 0 aromatic carbocycles. The first-order valence-corrected chi connectivity index (χ1v) is 4.48. The van der Waals surface area contributed by atoms with Crippen molar-refractivity contribution in [2.45, 2.75) is 13.8 Å². The van der Waals surface area contributed by atoms with Gasteiger partial charge in [-0.3, -0.25) is 0 Å². The van der Waals surface area contributed by atoms with E-state index >= 15 is 0 Å². The van der Waals surface area contributed by atoms with Crippen molar-refractivity contribution >= 4 is 0 Å². The van der Waals surface area contributed by atoms with E-state index in [2.05, 4.69) is 19.1 Å². The molecular weight excluding hydrogens is 164 g/mol. The van der Waals surface area contributed by atoms with Gasteiger partial charge >= 0.3 is 0 Å². The standard InChI is InChI=1S/C11H14O2/c1-7-4-5-8-6-9(13-3)10(12)11(7,8)2/h4-7,12H,1-3H3. The molecule has 2 rings (SSSR count). The predicted octanol–water partition coefficient (Wildman–Crippen LogP) is 2.55. The Kier molecular flexibility index (Phi) is 1.56. The highest BCUT2D eigenvalue weighted by molar-refractivity contribution is 5.51. The van der Waals surface area contributed by atoms with E-state index in [0.29, 0.717) is 17.4 Å². The molecule has 0 bridgehead atoms. The highest BCUT2D eigenvalue weighted by Gasteiger charge is 2.45. The van der Waals surface area contributed by atoms with Gasteiger partial charge in [-0.2, -0.15) is 0 Å². The predicted molar refractivity (Wildman–Crippen MR) is 51.2 cm³/mol. The van der Waals surface area contributed by atoms with Gasteiger partial charge in [-0.25, -0.2) is 0 Å². The average Bonchev–Trinajstić information content (AvgIpc) is 2.53. The van der Waals surface area contributed by atoms with Gasteiger partial charge in [0.1, 0.15) is 5.76 Å². The number of aliphatic hydroxyl groups excluding tert-OH is 1. The van der Waals surface area contributed by atoms with Crippen LogP contribution in [0.5, 0.6) is 0 Å². The summed E-state index contributed by atoms with van der Waals surface area (Å²) in [5.41, 5.74) is 0.903. The minimum Gasteiger partial charge on any atom is -0.507 e. The molecule has 2 nitrogen and oxygen atoms in total. The summed E-state index contributed by atoms with van der Waals surface area (Å²) in [5, 5.41) is 9.95. The number of ether oxygens (including phenoxy) is 1. The van der Waals surface area contributed by atoms with E-state index in [-0.39, 0.29) is 5.41 Å². The van der Waals surface area contributed by atoms with Crippen LogP contribution in [0.2, 0.25) is 0 Å². The molecule has 2 unspecified atom stereocenters. The van der Waals surface area contributed by atoms with Crippen LogP contribution in [0.25, 0.3) is 0 Å². The molecule has 2 heteroatoms. The second-order valence-electron chi connectivity index (χ2n) is 3.87. The molecule has 0 fully saturated rings. The molecule has 0 aromatic heterocycles. The van der Waals surface area contributed by atoms with Crippen molar-refractivity contribution in [1.82, 2.24) is 0 Å². The van der Waals surface area contributed by atoms with Crippen molar-refractivity contribution in [3.05, 3.63) is 35.3 Å². The van der Waals surface area contributed by atoms with Crippen molar-refractivity contribution < 1.29 is 9.84 Å². The fourth-order valence-corrected chi connectivity index (χ4v) is 2.05. The van der Waals surface area contributed by atoms with Crippen LogP contribution in [0.3, 0.4) is 0 Å². The summed E-state index contributed by atoms with van der Waals surface area (Å²) in [6.45, 7) is 4.15. The highest BCUT2D eigenvalue weighted by atomic mass is 16.5. The Labute approximate surface area is 78.2 Å². The molecule has 0 aliphatic heterocycles. The van der Waals surface area contributed by atoms with Gasteiger partial charge in [-0.1, -0.05) is 19.1 Å². The van der Waals surface area contributed by atoms with Crippen LogP contribution >= 0.6 is 0 Å². The number of methoxy groups -OCH3 is 1. The summed E-state index contributed by atoms with van der Waals surface area (Å²) < 4.78 is 5.09. The Morgan fingerprint density at radius 2 is 2.23 bits per heavy atom. The largest absolute Gasteiger partial charge is 0.507 e. The van der Waals surface area contributed by atoms with E-state index in [9.17, 15) is 5.11 Å². The molecule has 1 N–H and O–H groups in total. The van der Waals surface area contributed by atoms with E-state index in [1.807, 2.05) is 13.0 Å². The first-order chi connectivity index (χ1) is 6.10. The van der Waals surface area contributed by atoms with Crippen molar-refractivity contribution in [3.8, 4) is 0 Å².